The Morgan fingerprint density at radius 1 is 0.714 bits per heavy atom. The van der Waals surface area contributed by atoms with Gasteiger partial charge in [-0.15, -0.1) is 9.45 Å². The Morgan fingerprint density at radius 3 is 1.54 bits per heavy atom. The highest BCUT2D eigenvalue weighted by Crippen LogP contribution is 2.20. The highest BCUT2D eigenvalue weighted by molar-refractivity contribution is 8.58. The maximum absolute atomic E-state index is 5.97. The molecule has 0 radical (unpaired) electrons. The molecule has 0 aromatic carbocycles. The van der Waals surface area contributed by atoms with Gasteiger partial charge in [-0.2, -0.15) is 0 Å². The summed E-state index contributed by atoms with van der Waals surface area (Å²) < 4.78 is 29.8. The van der Waals surface area contributed by atoms with Gasteiger partial charge in [-0.1, -0.05) is 0 Å². The Hall–Kier alpha value is 1.24. The van der Waals surface area contributed by atoms with Crippen molar-refractivity contribution in [1.82, 2.24) is 0 Å². The summed E-state index contributed by atoms with van der Waals surface area (Å²) in [6.07, 6.45) is 2.17. The second-order valence-corrected chi connectivity index (χ2v) is 18.9. The fraction of sp³-hybridized carbons (Fsp3) is 1.00. The van der Waals surface area contributed by atoms with E-state index in [1.807, 2.05) is 43.5 Å². The van der Waals surface area contributed by atoms with Crippen LogP contribution in [0.2, 0.25) is 18.6 Å². The largest absolute Gasteiger partial charge is 0.500 e. The van der Waals surface area contributed by atoms with Crippen LogP contribution < -0.4 is 0 Å². The zero-order valence-electron chi connectivity index (χ0n) is 18.5. The van der Waals surface area contributed by atoms with Crippen molar-refractivity contribution in [3.8, 4) is 0 Å². The molecule has 0 fully saturated rings. The van der Waals surface area contributed by atoms with Gasteiger partial charge in [-0.25, -0.2) is 0 Å². The lowest BCUT2D eigenvalue weighted by Crippen LogP contribution is -2.46. The van der Waals surface area contributed by atoms with Crippen LogP contribution in [0.25, 0.3) is 0 Å². The van der Waals surface area contributed by atoms with Gasteiger partial charge in [-0.05, 0) is 101 Å². The minimum Gasteiger partial charge on any atom is -0.395 e. The van der Waals surface area contributed by atoms with Crippen molar-refractivity contribution >= 4 is 55.8 Å². The Labute approximate surface area is 187 Å². The van der Waals surface area contributed by atoms with Crippen LogP contribution in [-0.4, -0.2) is 61.9 Å². The zero-order valence-corrected chi connectivity index (χ0v) is 23.7. The van der Waals surface area contributed by atoms with E-state index in [0.29, 0.717) is 19.8 Å². The van der Waals surface area contributed by atoms with Crippen molar-refractivity contribution in [2.75, 3.05) is 44.5 Å². The molecule has 0 rings (SSSR count). The minimum absolute atomic E-state index is 0.229. The predicted molar refractivity (Wildman–Crippen MR) is 134 cm³/mol. The normalized spacial score (nSPS) is 13.5. The lowest BCUT2D eigenvalue weighted by atomic mass is 10.6. The van der Waals surface area contributed by atoms with Crippen LogP contribution in [0.4, 0.5) is 0 Å². The van der Waals surface area contributed by atoms with Crippen LogP contribution in [0.1, 0.15) is 47.5 Å². The number of rotatable bonds is 18. The summed E-state index contributed by atoms with van der Waals surface area (Å²) in [6, 6.07) is 1.91. The van der Waals surface area contributed by atoms with Gasteiger partial charge in [0.2, 0.25) is 0 Å². The van der Waals surface area contributed by atoms with Crippen LogP contribution in [-0.2, 0) is 60.5 Å². The summed E-state index contributed by atoms with van der Waals surface area (Å²) in [7, 11) is -1.05. The average Bonchev–Trinajstić information content (AvgIpc) is 2.63. The monoisotopic (exact) mass is 508 g/mol. The van der Waals surface area contributed by atoms with E-state index in [4.69, 9.17) is 33.3 Å². The quantitative estimate of drug-likeness (QED) is 0.260. The summed E-state index contributed by atoms with van der Waals surface area (Å²) >= 11 is 5.16. The lowest BCUT2D eigenvalue weighted by molar-refractivity contribution is 0.0712. The molecule has 11 heteroatoms. The second kappa shape index (κ2) is 17.9. The molecule has 1 atom stereocenters. The van der Waals surface area contributed by atoms with Crippen LogP contribution in [0.3, 0.4) is 0 Å². The summed E-state index contributed by atoms with van der Waals surface area (Å²) in [5, 5.41) is 0. The van der Waals surface area contributed by atoms with Crippen molar-refractivity contribution < 1.29 is 22.1 Å². The SMILES string of the molecule is CCO[Si](C)(CCCS(CCC[Si](OCC)(OCC)OCC)=S=S=S)OCC. The van der Waals surface area contributed by atoms with Gasteiger partial charge >= 0.3 is 17.4 Å². The highest BCUT2D eigenvalue weighted by Gasteiger charge is 2.39. The van der Waals surface area contributed by atoms with Gasteiger partial charge in [0.1, 0.15) is 0 Å². The third-order valence-corrected chi connectivity index (χ3v) is 17.4. The maximum atomic E-state index is 5.97. The van der Waals surface area contributed by atoms with Crippen LogP contribution in [0.5, 0.6) is 0 Å². The number of hydrogen-bond donors (Lipinski definition) is 0. The van der Waals surface area contributed by atoms with Gasteiger partial charge in [0, 0.05) is 39.1 Å². The molecule has 0 saturated carbocycles. The van der Waals surface area contributed by atoms with E-state index in [2.05, 4.69) is 6.55 Å². The van der Waals surface area contributed by atoms with Crippen molar-refractivity contribution in [3.63, 3.8) is 0 Å². The van der Waals surface area contributed by atoms with Crippen LogP contribution in [0.15, 0.2) is 0 Å². The van der Waals surface area contributed by atoms with Crippen molar-refractivity contribution in [1.29, 1.82) is 0 Å². The molecule has 0 saturated heterocycles. The van der Waals surface area contributed by atoms with Gasteiger partial charge in [0.15, 0.2) is 0 Å². The molecule has 0 aliphatic rings. The first-order valence-electron chi connectivity index (χ1n) is 10.3. The summed E-state index contributed by atoms with van der Waals surface area (Å²) in [6.45, 7) is 15.6. The standard InChI is InChI=1S/C17H40O5S4Si2/c1-7-18-27(6,19-8-2)16-12-14-26(25-24-23)15-13-17-28(20-9-3,21-10-4)22-11-5/h7-17H2,1-6H3. The molecule has 0 amide bonds. The minimum atomic E-state index is -2.54. The topological polar surface area (TPSA) is 46.2 Å². The molecule has 0 aromatic heterocycles. The maximum Gasteiger partial charge on any atom is 0.500 e. The van der Waals surface area contributed by atoms with Gasteiger partial charge in [0.05, 0.1) is 0 Å². The third-order valence-electron chi connectivity index (χ3n) is 3.97. The first kappa shape index (κ1) is 29.2. The fourth-order valence-corrected chi connectivity index (χ4v) is 15.3. The first-order chi connectivity index (χ1) is 13.4. The molecular weight excluding hydrogens is 469 g/mol. The summed E-state index contributed by atoms with van der Waals surface area (Å²) in [4.78, 5) is 0. The summed E-state index contributed by atoms with van der Waals surface area (Å²) in [5.74, 6) is 2.28. The molecule has 170 valence electrons. The molecule has 0 aromatic rings. The molecule has 0 bridgehead atoms. The Balaban J connectivity index is 4.74. The molecular formula is C17H40O5S4Si2. The van der Waals surface area contributed by atoms with E-state index in [0.717, 1.165) is 49.6 Å². The highest BCUT2D eigenvalue weighted by atomic mass is 33.2. The van der Waals surface area contributed by atoms with E-state index in [1.165, 1.54) is 8.88 Å². The van der Waals surface area contributed by atoms with Gasteiger partial charge in [0.25, 0.3) is 0 Å². The van der Waals surface area contributed by atoms with E-state index < -0.39 is 17.4 Å². The van der Waals surface area contributed by atoms with E-state index in [1.54, 1.807) is 0 Å². The molecule has 5 nitrogen and oxygen atoms in total. The fourth-order valence-electron chi connectivity index (χ4n) is 3.01. The Morgan fingerprint density at radius 2 is 1.14 bits per heavy atom. The molecule has 0 heterocycles. The zero-order chi connectivity index (χ0) is 21.3. The van der Waals surface area contributed by atoms with Crippen molar-refractivity contribution in [2.45, 2.75) is 66.1 Å². The van der Waals surface area contributed by atoms with Crippen LogP contribution >= 0.6 is 0 Å². The molecule has 0 spiro atoms. The lowest BCUT2D eigenvalue weighted by Gasteiger charge is -2.28. The smallest absolute Gasteiger partial charge is 0.395 e. The third kappa shape index (κ3) is 12.8. The summed E-state index contributed by atoms with van der Waals surface area (Å²) in [5.41, 5.74) is 0. The first-order valence-corrected chi connectivity index (χ1v) is 19.9. The second-order valence-electron chi connectivity index (χ2n) is 6.17. The van der Waals surface area contributed by atoms with Crippen molar-refractivity contribution in [3.05, 3.63) is 0 Å². The van der Waals surface area contributed by atoms with Gasteiger partial charge < -0.3 is 22.1 Å². The molecule has 0 N–H and O–H groups in total. The number of hydrogen-bond acceptors (Lipinski definition) is 6. The van der Waals surface area contributed by atoms with Gasteiger partial charge in [-0.3, -0.25) is 0 Å². The predicted octanol–water partition coefficient (Wildman–Crippen LogP) is 4.04. The van der Waals surface area contributed by atoms with E-state index in [9.17, 15) is 0 Å². The Bertz CT molecular complexity index is 477. The average molecular weight is 509 g/mol. The van der Waals surface area contributed by atoms with E-state index >= 15 is 0 Å². The Kier molecular flexibility index (Phi) is 18.7. The molecule has 0 aliphatic heterocycles. The molecule has 0 aliphatic carbocycles. The van der Waals surface area contributed by atoms with E-state index in [-0.39, 0.29) is 9.45 Å². The van der Waals surface area contributed by atoms with Crippen molar-refractivity contribution in [2.24, 2.45) is 0 Å². The van der Waals surface area contributed by atoms with Crippen LogP contribution in [0, 0.1) is 0 Å². The molecule has 28 heavy (non-hydrogen) atoms. The molecule has 1 unspecified atom stereocenters.